The quantitative estimate of drug-likeness (QED) is 0.309. The van der Waals surface area contributed by atoms with Crippen LogP contribution in [-0.4, -0.2) is 41.0 Å². The monoisotopic (exact) mass is 488 g/mol. The van der Waals surface area contributed by atoms with Crippen molar-refractivity contribution < 1.29 is 29.4 Å². The van der Waals surface area contributed by atoms with Gasteiger partial charge in [-0.3, -0.25) is 9.59 Å². The van der Waals surface area contributed by atoms with Crippen LogP contribution in [0.15, 0.2) is 79.0 Å². The topological polar surface area (TPSA) is 122 Å². The maximum atomic E-state index is 13.3. The van der Waals surface area contributed by atoms with Crippen molar-refractivity contribution >= 4 is 18.9 Å². The first-order chi connectivity index (χ1) is 17.5. The van der Waals surface area contributed by atoms with Gasteiger partial charge in [0.2, 0.25) is 5.91 Å². The molecular weight excluding hydrogens is 457 g/mol. The van der Waals surface area contributed by atoms with Gasteiger partial charge in [0.05, 0.1) is 5.94 Å². The number of carbonyl (C=O) groups is 2. The molecule has 0 aliphatic heterocycles. The van der Waals surface area contributed by atoms with Gasteiger partial charge in [0, 0.05) is 12.5 Å². The van der Waals surface area contributed by atoms with Crippen molar-refractivity contribution in [2.24, 2.45) is 5.92 Å². The molecule has 2 amide bonds. The number of aromatic amines is 1. The first-order valence-corrected chi connectivity index (χ1v) is 12.2. The SMILES string of the molecule is O=C(N[C@@H](Cc1ccccc1)C(=O)N[C@@H](CC1CCC1)B(O)O)c1ccc[nH+]c1Oc1ccccc1. The first-order valence-electron chi connectivity index (χ1n) is 12.2. The molecule has 1 aromatic heterocycles. The van der Waals surface area contributed by atoms with Gasteiger partial charge in [-0.25, -0.2) is 0 Å². The summed E-state index contributed by atoms with van der Waals surface area (Å²) in [5.74, 6) is -0.613. The van der Waals surface area contributed by atoms with Crippen molar-refractivity contribution in [3.63, 3.8) is 0 Å². The molecule has 186 valence electrons. The molecule has 0 saturated heterocycles. The predicted octanol–water partition coefficient (Wildman–Crippen LogP) is 2.32. The number of amides is 2. The van der Waals surface area contributed by atoms with Gasteiger partial charge in [0.15, 0.2) is 11.8 Å². The summed E-state index contributed by atoms with van der Waals surface area (Å²) in [4.78, 5) is 29.6. The fourth-order valence-corrected chi connectivity index (χ4v) is 4.21. The normalized spacial score (nSPS) is 14.7. The summed E-state index contributed by atoms with van der Waals surface area (Å²) in [6.45, 7) is 0. The number of ether oxygens (including phenoxy) is 1. The van der Waals surface area contributed by atoms with E-state index < -0.39 is 30.9 Å². The summed E-state index contributed by atoms with van der Waals surface area (Å²) < 4.78 is 5.87. The lowest BCUT2D eigenvalue weighted by Crippen LogP contribution is -2.55. The lowest BCUT2D eigenvalue weighted by Gasteiger charge is -2.30. The molecule has 2 atom stereocenters. The lowest BCUT2D eigenvalue weighted by atomic mass is 9.69. The van der Waals surface area contributed by atoms with Gasteiger partial charge in [0.25, 0.3) is 5.91 Å². The minimum atomic E-state index is -1.68. The molecule has 8 nitrogen and oxygen atoms in total. The Hall–Kier alpha value is -3.69. The van der Waals surface area contributed by atoms with Gasteiger partial charge in [-0.2, -0.15) is 4.98 Å². The molecule has 1 saturated carbocycles. The highest BCUT2D eigenvalue weighted by Crippen LogP contribution is 2.30. The molecule has 1 aliphatic rings. The molecule has 9 heteroatoms. The van der Waals surface area contributed by atoms with Crippen LogP contribution in [0.1, 0.15) is 41.6 Å². The Morgan fingerprint density at radius 2 is 1.67 bits per heavy atom. The summed E-state index contributed by atoms with van der Waals surface area (Å²) >= 11 is 0. The van der Waals surface area contributed by atoms with Gasteiger partial charge in [-0.15, -0.1) is 0 Å². The number of H-pyrrole nitrogens is 1. The van der Waals surface area contributed by atoms with E-state index in [1.54, 1.807) is 30.5 Å². The Morgan fingerprint density at radius 1 is 0.972 bits per heavy atom. The smallest absolute Gasteiger partial charge is 0.426 e. The number of para-hydroxylation sites is 1. The van der Waals surface area contributed by atoms with Crippen LogP contribution in [0.3, 0.4) is 0 Å². The van der Waals surface area contributed by atoms with Crippen molar-refractivity contribution in [3.05, 3.63) is 90.1 Å². The van der Waals surface area contributed by atoms with Gasteiger partial charge in [-0.05, 0) is 36.1 Å². The maximum Gasteiger partial charge on any atom is 0.475 e. The fourth-order valence-electron chi connectivity index (χ4n) is 4.21. The largest absolute Gasteiger partial charge is 0.475 e. The number of carbonyl (C=O) groups excluding carboxylic acids is 2. The second kappa shape index (κ2) is 12.3. The highest BCUT2D eigenvalue weighted by Gasteiger charge is 2.33. The molecule has 1 fully saturated rings. The highest BCUT2D eigenvalue weighted by atomic mass is 16.5. The van der Waals surface area contributed by atoms with Gasteiger partial charge >= 0.3 is 13.0 Å². The highest BCUT2D eigenvalue weighted by molar-refractivity contribution is 6.43. The van der Waals surface area contributed by atoms with E-state index in [9.17, 15) is 19.6 Å². The first kappa shape index (κ1) is 25.4. The summed E-state index contributed by atoms with van der Waals surface area (Å²) in [6.07, 6.45) is 5.51. The van der Waals surface area contributed by atoms with Crippen LogP contribution < -0.4 is 20.4 Å². The molecular formula is C27H31BN3O5+. The van der Waals surface area contributed by atoms with Crippen LogP contribution in [0.4, 0.5) is 0 Å². The molecule has 2 aromatic carbocycles. The predicted molar refractivity (Wildman–Crippen MR) is 135 cm³/mol. The van der Waals surface area contributed by atoms with Crippen LogP contribution in [0.25, 0.3) is 0 Å². The number of benzene rings is 2. The van der Waals surface area contributed by atoms with Crippen LogP contribution in [0.2, 0.25) is 0 Å². The van der Waals surface area contributed by atoms with E-state index in [0.717, 1.165) is 24.8 Å². The Bertz CT molecular complexity index is 1140. The van der Waals surface area contributed by atoms with E-state index in [0.29, 0.717) is 18.1 Å². The van der Waals surface area contributed by atoms with Crippen LogP contribution >= 0.6 is 0 Å². The van der Waals surface area contributed by atoms with Gasteiger partial charge < -0.3 is 25.4 Å². The summed E-state index contributed by atoms with van der Waals surface area (Å²) in [5, 5.41) is 25.3. The molecule has 0 bridgehead atoms. The number of hydrogen-bond acceptors (Lipinski definition) is 5. The average Bonchev–Trinajstić information content (AvgIpc) is 2.86. The second-order valence-electron chi connectivity index (χ2n) is 9.11. The van der Waals surface area contributed by atoms with E-state index in [2.05, 4.69) is 15.6 Å². The molecule has 0 unspecified atom stereocenters. The van der Waals surface area contributed by atoms with Gasteiger partial charge in [-0.1, -0.05) is 67.8 Å². The molecule has 5 N–H and O–H groups in total. The van der Waals surface area contributed by atoms with Gasteiger partial charge in [0.1, 0.15) is 11.8 Å². The van der Waals surface area contributed by atoms with Crippen molar-refractivity contribution in [2.75, 3.05) is 0 Å². The van der Waals surface area contributed by atoms with Crippen molar-refractivity contribution in [1.82, 2.24) is 10.6 Å². The van der Waals surface area contributed by atoms with E-state index >= 15 is 0 Å². The fraction of sp³-hybridized carbons (Fsp3) is 0.296. The molecule has 1 heterocycles. The van der Waals surface area contributed by atoms with E-state index in [1.807, 2.05) is 48.5 Å². The average molecular weight is 488 g/mol. The number of aromatic nitrogens is 1. The Balaban J connectivity index is 1.52. The standard InChI is InChI=1S/C27H30BN3O5/c32-25(22-15-8-16-29-27(22)36-21-13-5-2-6-14-21)30-23(17-19-9-3-1-4-10-19)26(33)31-24(28(34)35)18-20-11-7-12-20/h1-6,8-10,13-16,20,23-24,34-35H,7,11-12,17-18H2,(H,30,32)(H,31,33)/p+1/t23-,24-/m0/s1. The molecule has 0 radical (unpaired) electrons. The summed E-state index contributed by atoms with van der Waals surface area (Å²) in [7, 11) is -1.68. The molecule has 36 heavy (non-hydrogen) atoms. The number of hydrogen-bond donors (Lipinski definition) is 4. The van der Waals surface area contributed by atoms with E-state index in [-0.39, 0.29) is 17.9 Å². The number of nitrogens with one attached hydrogen (secondary N) is 3. The van der Waals surface area contributed by atoms with E-state index in [1.165, 1.54) is 0 Å². The Labute approximate surface area is 210 Å². The zero-order valence-electron chi connectivity index (χ0n) is 20.0. The van der Waals surface area contributed by atoms with Crippen molar-refractivity contribution in [2.45, 2.75) is 44.1 Å². The number of rotatable bonds is 11. The van der Waals surface area contributed by atoms with Crippen LogP contribution in [0, 0.1) is 5.92 Å². The van der Waals surface area contributed by atoms with Crippen LogP contribution in [0.5, 0.6) is 11.6 Å². The second-order valence-corrected chi connectivity index (χ2v) is 9.11. The molecule has 0 spiro atoms. The number of pyridine rings is 1. The molecule has 3 aromatic rings. The third-order valence-corrected chi connectivity index (χ3v) is 6.43. The molecule has 4 rings (SSSR count). The maximum absolute atomic E-state index is 13.3. The minimum Gasteiger partial charge on any atom is -0.426 e. The van der Waals surface area contributed by atoms with E-state index in [4.69, 9.17) is 4.74 Å². The minimum absolute atomic E-state index is 0.237. The Kier molecular flexibility index (Phi) is 8.70. The zero-order valence-corrected chi connectivity index (χ0v) is 20.0. The zero-order chi connectivity index (χ0) is 25.3. The van der Waals surface area contributed by atoms with Crippen LogP contribution in [-0.2, 0) is 11.2 Å². The van der Waals surface area contributed by atoms with Crippen molar-refractivity contribution in [1.29, 1.82) is 0 Å². The third-order valence-electron chi connectivity index (χ3n) is 6.43. The lowest BCUT2D eigenvalue weighted by molar-refractivity contribution is -0.391. The van der Waals surface area contributed by atoms with Crippen molar-refractivity contribution in [3.8, 4) is 11.6 Å². The third kappa shape index (κ3) is 6.93. The molecule has 1 aliphatic carbocycles. The summed E-state index contributed by atoms with van der Waals surface area (Å²) in [5.41, 5.74) is 1.10. The Morgan fingerprint density at radius 3 is 2.31 bits per heavy atom. The summed E-state index contributed by atoms with van der Waals surface area (Å²) in [6, 6.07) is 20.8.